The molecule has 0 unspecified atom stereocenters. The Balaban J connectivity index is 0.00000145. The van der Waals surface area contributed by atoms with Crippen molar-refractivity contribution in [1.82, 2.24) is 14.9 Å². The van der Waals surface area contributed by atoms with Crippen molar-refractivity contribution in [3.63, 3.8) is 0 Å². The highest BCUT2D eigenvalue weighted by Crippen LogP contribution is 2.20. The van der Waals surface area contributed by atoms with E-state index in [1.165, 1.54) is 6.42 Å². The molecule has 0 bridgehead atoms. The summed E-state index contributed by atoms with van der Waals surface area (Å²) in [6, 6.07) is 8.95. The fourth-order valence-electron chi connectivity index (χ4n) is 3.56. The van der Waals surface area contributed by atoms with Crippen LogP contribution < -0.4 is 20.3 Å². The second-order valence-electron chi connectivity index (χ2n) is 8.83. The molecule has 1 fully saturated rings. The highest BCUT2D eigenvalue weighted by Gasteiger charge is 2.15. The van der Waals surface area contributed by atoms with Crippen LogP contribution in [0.2, 0.25) is 0 Å². The van der Waals surface area contributed by atoms with Gasteiger partial charge in [0.1, 0.15) is 12.4 Å². The number of urea groups is 1. The summed E-state index contributed by atoms with van der Waals surface area (Å²) in [6.45, 7) is 16.8. The highest BCUT2D eigenvalue weighted by atomic mass is 16.5. The quantitative estimate of drug-likeness (QED) is 0.439. The summed E-state index contributed by atoms with van der Waals surface area (Å²) >= 11 is 0. The van der Waals surface area contributed by atoms with Gasteiger partial charge in [-0.05, 0) is 31.9 Å². The molecule has 0 spiro atoms. The number of carbonyl (C=O) groups is 1. The molecule has 9 heteroatoms. The molecular formula is C27H44N6O3. The van der Waals surface area contributed by atoms with Crippen LogP contribution >= 0.6 is 0 Å². The highest BCUT2D eigenvalue weighted by molar-refractivity contribution is 5.99. The lowest BCUT2D eigenvalue weighted by Crippen LogP contribution is -2.38. The number of aryl methyl sites for hydroxylation is 1. The SMILES string of the molecule is CCC.CCCN(CCC)c1nc(NC(=O)Nc2ccc(C)cc2)cc(OCCN2CCOCC2)n1. The Morgan fingerprint density at radius 2 is 1.67 bits per heavy atom. The van der Waals surface area contributed by atoms with E-state index in [-0.39, 0.29) is 6.03 Å². The van der Waals surface area contributed by atoms with Crippen molar-refractivity contribution in [1.29, 1.82) is 0 Å². The number of aromatic nitrogens is 2. The minimum absolute atomic E-state index is 0.361. The number of hydrogen-bond acceptors (Lipinski definition) is 7. The molecule has 9 nitrogen and oxygen atoms in total. The van der Waals surface area contributed by atoms with Crippen LogP contribution in [-0.4, -0.2) is 73.4 Å². The summed E-state index contributed by atoms with van der Waals surface area (Å²) in [4.78, 5) is 26.2. The molecule has 1 saturated heterocycles. The third-order valence-electron chi connectivity index (χ3n) is 5.27. The Labute approximate surface area is 216 Å². The number of hydrogen-bond donors (Lipinski definition) is 2. The summed E-state index contributed by atoms with van der Waals surface area (Å²) < 4.78 is 11.4. The van der Waals surface area contributed by atoms with Gasteiger partial charge in [0.05, 0.1) is 13.2 Å². The van der Waals surface area contributed by atoms with Crippen molar-refractivity contribution in [3.05, 3.63) is 35.9 Å². The van der Waals surface area contributed by atoms with E-state index in [4.69, 9.17) is 9.47 Å². The molecule has 1 aromatic carbocycles. The van der Waals surface area contributed by atoms with Crippen LogP contribution in [0.1, 0.15) is 52.5 Å². The van der Waals surface area contributed by atoms with Gasteiger partial charge in [-0.1, -0.05) is 51.8 Å². The van der Waals surface area contributed by atoms with Gasteiger partial charge in [-0.3, -0.25) is 10.2 Å². The van der Waals surface area contributed by atoms with E-state index in [1.807, 2.05) is 31.2 Å². The van der Waals surface area contributed by atoms with E-state index in [0.717, 1.165) is 64.3 Å². The van der Waals surface area contributed by atoms with Crippen molar-refractivity contribution < 1.29 is 14.3 Å². The van der Waals surface area contributed by atoms with Crippen molar-refractivity contribution in [2.24, 2.45) is 0 Å². The molecule has 1 aliphatic rings. The van der Waals surface area contributed by atoms with Gasteiger partial charge in [-0.25, -0.2) is 4.79 Å². The van der Waals surface area contributed by atoms with E-state index < -0.39 is 0 Å². The fraction of sp³-hybridized carbons (Fsp3) is 0.593. The normalized spacial score (nSPS) is 13.4. The van der Waals surface area contributed by atoms with Crippen LogP contribution in [0.4, 0.5) is 22.2 Å². The first-order valence-corrected chi connectivity index (χ1v) is 13.2. The maximum Gasteiger partial charge on any atom is 0.324 e. The predicted octanol–water partition coefficient (Wildman–Crippen LogP) is 5.18. The third kappa shape index (κ3) is 10.8. The molecule has 0 saturated carbocycles. The molecule has 2 aromatic rings. The molecule has 1 aliphatic heterocycles. The minimum Gasteiger partial charge on any atom is -0.476 e. The Hall–Kier alpha value is -2.91. The summed E-state index contributed by atoms with van der Waals surface area (Å²) in [6.07, 6.45) is 3.20. The number of ether oxygens (including phenoxy) is 2. The van der Waals surface area contributed by atoms with E-state index in [0.29, 0.717) is 29.9 Å². The number of anilines is 3. The molecule has 200 valence electrons. The smallest absolute Gasteiger partial charge is 0.324 e. The summed E-state index contributed by atoms with van der Waals surface area (Å²) in [5, 5.41) is 5.67. The Bertz CT molecular complexity index is 882. The first-order valence-electron chi connectivity index (χ1n) is 13.2. The third-order valence-corrected chi connectivity index (χ3v) is 5.27. The van der Waals surface area contributed by atoms with Gasteiger partial charge >= 0.3 is 6.03 Å². The van der Waals surface area contributed by atoms with Crippen LogP contribution in [0, 0.1) is 6.92 Å². The van der Waals surface area contributed by atoms with Crippen LogP contribution in [-0.2, 0) is 4.74 Å². The van der Waals surface area contributed by atoms with Gasteiger partial charge < -0.3 is 19.7 Å². The molecular weight excluding hydrogens is 456 g/mol. The summed E-state index contributed by atoms with van der Waals surface area (Å²) in [5.41, 5.74) is 1.85. The van der Waals surface area contributed by atoms with Crippen molar-refractivity contribution >= 4 is 23.5 Å². The lowest BCUT2D eigenvalue weighted by atomic mass is 10.2. The average Bonchev–Trinajstić information content (AvgIpc) is 2.86. The van der Waals surface area contributed by atoms with E-state index in [1.54, 1.807) is 6.07 Å². The summed E-state index contributed by atoms with van der Waals surface area (Å²) in [5.74, 6) is 1.42. The number of amides is 2. The fourth-order valence-corrected chi connectivity index (χ4v) is 3.56. The lowest BCUT2D eigenvalue weighted by molar-refractivity contribution is 0.0320. The Kier molecular flexibility index (Phi) is 13.6. The molecule has 0 atom stereocenters. The van der Waals surface area contributed by atoms with Gasteiger partial charge in [-0.2, -0.15) is 9.97 Å². The number of morpholine rings is 1. The zero-order chi connectivity index (χ0) is 26.2. The number of carbonyl (C=O) groups excluding carboxylic acids is 1. The second kappa shape index (κ2) is 16.7. The topological polar surface area (TPSA) is 91.9 Å². The molecule has 36 heavy (non-hydrogen) atoms. The molecule has 3 rings (SSSR count). The molecule has 2 amide bonds. The first kappa shape index (κ1) is 29.3. The monoisotopic (exact) mass is 500 g/mol. The zero-order valence-electron chi connectivity index (χ0n) is 22.7. The van der Waals surface area contributed by atoms with Crippen LogP contribution in [0.15, 0.2) is 30.3 Å². The summed E-state index contributed by atoms with van der Waals surface area (Å²) in [7, 11) is 0. The molecule has 2 heterocycles. The number of nitrogens with one attached hydrogen (secondary N) is 2. The van der Waals surface area contributed by atoms with Gasteiger partial charge in [0.15, 0.2) is 0 Å². The molecule has 2 N–H and O–H groups in total. The first-order chi connectivity index (χ1) is 17.5. The van der Waals surface area contributed by atoms with Gasteiger partial charge in [0.25, 0.3) is 0 Å². The molecule has 1 aromatic heterocycles. The average molecular weight is 501 g/mol. The van der Waals surface area contributed by atoms with Crippen molar-refractivity contribution in [2.75, 3.05) is 68.1 Å². The second-order valence-corrected chi connectivity index (χ2v) is 8.83. The van der Waals surface area contributed by atoms with Crippen LogP contribution in [0.25, 0.3) is 0 Å². The predicted molar refractivity (Wildman–Crippen MR) is 147 cm³/mol. The number of rotatable bonds is 11. The molecule has 0 aliphatic carbocycles. The lowest BCUT2D eigenvalue weighted by Gasteiger charge is -2.26. The van der Waals surface area contributed by atoms with E-state index in [9.17, 15) is 4.79 Å². The maximum atomic E-state index is 12.6. The van der Waals surface area contributed by atoms with Crippen LogP contribution in [0.5, 0.6) is 5.88 Å². The Morgan fingerprint density at radius 1 is 1.03 bits per heavy atom. The van der Waals surface area contributed by atoms with Crippen molar-refractivity contribution in [3.8, 4) is 5.88 Å². The molecule has 0 radical (unpaired) electrons. The van der Waals surface area contributed by atoms with Gasteiger partial charge in [0.2, 0.25) is 11.8 Å². The maximum absolute atomic E-state index is 12.6. The van der Waals surface area contributed by atoms with Crippen LogP contribution in [0.3, 0.4) is 0 Å². The minimum atomic E-state index is -0.361. The number of benzene rings is 1. The standard InChI is InChI=1S/C24H36N6O3.C3H8/c1-4-10-30(11-5-2)23-26-21(27-24(31)25-20-8-6-19(3)7-9-20)18-22(28-23)33-17-14-29-12-15-32-16-13-29;1-3-2/h6-9,18H,4-5,10-17H2,1-3H3,(H2,25,26,27,28,31);3H2,1-2H3. The Morgan fingerprint density at radius 3 is 2.28 bits per heavy atom. The van der Waals surface area contributed by atoms with E-state index >= 15 is 0 Å². The van der Waals surface area contributed by atoms with E-state index in [2.05, 4.69) is 58.1 Å². The van der Waals surface area contributed by atoms with Crippen molar-refractivity contribution in [2.45, 2.75) is 53.9 Å². The van der Waals surface area contributed by atoms with Gasteiger partial charge in [0, 0.05) is 44.5 Å². The zero-order valence-corrected chi connectivity index (χ0v) is 22.7. The largest absolute Gasteiger partial charge is 0.476 e. The number of nitrogens with zero attached hydrogens (tertiary/aromatic N) is 4. The van der Waals surface area contributed by atoms with Gasteiger partial charge in [-0.15, -0.1) is 0 Å².